The molecule has 2 rings (SSSR count). The summed E-state index contributed by atoms with van der Waals surface area (Å²) in [5.74, 6) is 3.19. The lowest BCUT2D eigenvalue weighted by molar-refractivity contribution is -0.707. The van der Waals surface area contributed by atoms with Crippen molar-refractivity contribution in [2.24, 2.45) is 0 Å². The van der Waals surface area contributed by atoms with Crippen LogP contribution < -0.4 is 24.3 Å². The van der Waals surface area contributed by atoms with E-state index in [1.165, 1.54) is 11.1 Å². The second-order valence-electron chi connectivity index (χ2n) is 6.63. The lowest BCUT2D eigenvalue weighted by Gasteiger charge is -2.16. The number of hydrogen-bond donors (Lipinski definition) is 1. The zero-order chi connectivity index (χ0) is 20.4. The average molecular weight is 389 g/mol. The maximum atomic E-state index is 5.75. The van der Waals surface area contributed by atoms with Crippen molar-refractivity contribution in [3.05, 3.63) is 47.5 Å². The van der Waals surface area contributed by atoms with Gasteiger partial charge in [-0.2, -0.15) is 0 Å². The number of nitrogens with two attached hydrogens (primary N) is 1. The predicted molar refractivity (Wildman–Crippen MR) is 112 cm³/mol. The summed E-state index contributed by atoms with van der Waals surface area (Å²) in [5, 5.41) is 2.30. The quantitative estimate of drug-likeness (QED) is 0.595. The third kappa shape index (κ3) is 6.06. The van der Waals surface area contributed by atoms with Crippen LogP contribution in [0.15, 0.2) is 36.4 Å². The van der Waals surface area contributed by atoms with Crippen molar-refractivity contribution in [3.8, 4) is 23.0 Å². The minimum Gasteiger partial charge on any atom is -0.493 e. The highest BCUT2D eigenvalue weighted by atomic mass is 16.5. The second-order valence-corrected chi connectivity index (χ2v) is 6.63. The molecule has 2 aromatic rings. The minimum atomic E-state index is 0.289. The molecule has 0 aliphatic rings. The Bertz CT molecular complexity index is 733. The highest BCUT2D eigenvalue weighted by Crippen LogP contribution is 2.30. The predicted octanol–water partition coefficient (Wildman–Crippen LogP) is 4.11. The molecule has 0 saturated heterocycles. The first-order valence-corrected chi connectivity index (χ1v) is 10.1. The molecular weight excluding hydrogens is 354 g/mol. The Labute approximate surface area is 169 Å². The maximum Gasteiger partial charge on any atom is 0.161 e. The fourth-order valence-electron chi connectivity index (χ4n) is 2.97. The van der Waals surface area contributed by atoms with Crippen molar-refractivity contribution in [2.45, 2.75) is 46.7 Å². The van der Waals surface area contributed by atoms with Gasteiger partial charge < -0.3 is 24.3 Å². The van der Waals surface area contributed by atoms with E-state index in [9.17, 15) is 0 Å². The average Bonchev–Trinajstić information content (AvgIpc) is 2.72. The van der Waals surface area contributed by atoms with Crippen molar-refractivity contribution in [1.82, 2.24) is 0 Å². The number of hydrogen-bond acceptors (Lipinski definition) is 4. The van der Waals surface area contributed by atoms with Gasteiger partial charge >= 0.3 is 0 Å². The van der Waals surface area contributed by atoms with Gasteiger partial charge in [0.15, 0.2) is 23.0 Å². The van der Waals surface area contributed by atoms with Crippen LogP contribution in [0.1, 0.15) is 51.3 Å². The fourth-order valence-corrected chi connectivity index (χ4v) is 2.97. The van der Waals surface area contributed by atoms with Crippen LogP contribution in [0.2, 0.25) is 0 Å². The minimum absolute atomic E-state index is 0.289. The van der Waals surface area contributed by atoms with Gasteiger partial charge in [-0.25, -0.2) is 0 Å². The molecule has 1 atom stereocenters. The lowest BCUT2D eigenvalue weighted by Crippen LogP contribution is -2.83. The first kappa shape index (κ1) is 21.9. The number of benzene rings is 2. The zero-order valence-electron chi connectivity index (χ0n) is 17.8. The number of methoxy groups -OCH3 is 1. The Morgan fingerprint density at radius 1 is 0.821 bits per heavy atom. The molecule has 0 unspecified atom stereocenters. The zero-order valence-corrected chi connectivity index (χ0v) is 17.8. The van der Waals surface area contributed by atoms with Crippen LogP contribution in [0.25, 0.3) is 0 Å². The smallest absolute Gasteiger partial charge is 0.161 e. The molecule has 0 heterocycles. The van der Waals surface area contributed by atoms with Crippen LogP contribution in [0.3, 0.4) is 0 Å². The molecule has 154 valence electrons. The molecule has 2 N–H and O–H groups in total. The van der Waals surface area contributed by atoms with Crippen molar-refractivity contribution in [2.75, 3.05) is 26.9 Å². The van der Waals surface area contributed by atoms with Gasteiger partial charge in [0.25, 0.3) is 0 Å². The molecule has 0 aliphatic carbocycles. The maximum absolute atomic E-state index is 5.75. The van der Waals surface area contributed by atoms with E-state index in [1.54, 1.807) is 7.11 Å². The van der Waals surface area contributed by atoms with Crippen LogP contribution in [-0.4, -0.2) is 26.9 Å². The first-order chi connectivity index (χ1) is 13.6. The van der Waals surface area contributed by atoms with Crippen molar-refractivity contribution in [1.29, 1.82) is 0 Å². The SMILES string of the molecule is CCCOc1ccc(C[NH2+][C@H](C)c2ccc(OCC)c(OCC)c2)cc1OC. The van der Waals surface area contributed by atoms with Gasteiger partial charge in [-0.05, 0) is 63.6 Å². The highest BCUT2D eigenvalue weighted by Gasteiger charge is 2.14. The van der Waals surface area contributed by atoms with Gasteiger partial charge in [-0.1, -0.05) is 6.92 Å². The van der Waals surface area contributed by atoms with E-state index in [2.05, 4.69) is 43.4 Å². The van der Waals surface area contributed by atoms with E-state index in [0.717, 1.165) is 36.0 Å². The Hall–Kier alpha value is -2.40. The van der Waals surface area contributed by atoms with Crippen LogP contribution in [-0.2, 0) is 6.54 Å². The molecule has 0 radical (unpaired) electrons. The first-order valence-electron chi connectivity index (χ1n) is 10.1. The summed E-state index contributed by atoms with van der Waals surface area (Å²) in [6.07, 6.45) is 0.974. The fraction of sp³-hybridized carbons (Fsp3) is 0.478. The van der Waals surface area contributed by atoms with Gasteiger partial charge in [0.05, 0.1) is 26.9 Å². The van der Waals surface area contributed by atoms with E-state index in [-0.39, 0.29) is 6.04 Å². The molecule has 0 bridgehead atoms. The molecule has 0 amide bonds. The number of rotatable bonds is 12. The van der Waals surface area contributed by atoms with E-state index < -0.39 is 0 Å². The van der Waals surface area contributed by atoms with Crippen LogP contribution in [0, 0.1) is 0 Å². The molecule has 28 heavy (non-hydrogen) atoms. The highest BCUT2D eigenvalue weighted by molar-refractivity contribution is 5.44. The normalized spacial score (nSPS) is 11.8. The largest absolute Gasteiger partial charge is 0.493 e. The molecule has 0 fully saturated rings. The third-order valence-electron chi connectivity index (χ3n) is 4.49. The molecule has 5 nitrogen and oxygen atoms in total. The monoisotopic (exact) mass is 388 g/mol. The van der Waals surface area contributed by atoms with Gasteiger partial charge in [0.2, 0.25) is 0 Å². The Kier molecular flexibility index (Phi) is 8.95. The van der Waals surface area contributed by atoms with Gasteiger partial charge in [0.1, 0.15) is 12.6 Å². The molecule has 0 saturated carbocycles. The molecular formula is C23H34NO4+. The second kappa shape index (κ2) is 11.4. The lowest BCUT2D eigenvalue weighted by atomic mass is 10.1. The van der Waals surface area contributed by atoms with Gasteiger partial charge in [-0.3, -0.25) is 0 Å². The number of ether oxygens (including phenoxy) is 4. The Balaban J connectivity index is 2.05. The van der Waals surface area contributed by atoms with Crippen LogP contribution in [0.4, 0.5) is 0 Å². The summed E-state index contributed by atoms with van der Waals surface area (Å²) < 4.78 is 22.6. The van der Waals surface area contributed by atoms with E-state index in [1.807, 2.05) is 26.0 Å². The Morgan fingerprint density at radius 2 is 1.50 bits per heavy atom. The summed E-state index contributed by atoms with van der Waals surface area (Å²) in [7, 11) is 1.68. The summed E-state index contributed by atoms with van der Waals surface area (Å²) in [6, 6.07) is 12.6. The van der Waals surface area contributed by atoms with Crippen LogP contribution >= 0.6 is 0 Å². The Morgan fingerprint density at radius 3 is 2.18 bits per heavy atom. The molecule has 0 spiro atoms. The standard InChI is InChI=1S/C23H33NO4/c1-6-13-28-20-11-9-18(14-22(20)25-5)16-24-17(4)19-10-12-21(26-7-2)23(15-19)27-8-3/h9-12,14-15,17,24H,6-8,13,16H2,1-5H3/p+1/t17-/m1/s1. The van der Waals surface area contributed by atoms with E-state index in [4.69, 9.17) is 18.9 Å². The van der Waals surface area contributed by atoms with Gasteiger partial charge in [0, 0.05) is 11.1 Å². The molecule has 0 aromatic heterocycles. The summed E-state index contributed by atoms with van der Waals surface area (Å²) in [5.41, 5.74) is 2.41. The van der Waals surface area contributed by atoms with Crippen molar-refractivity contribution < 1.29 is 24.3 Å². The van der Waals surface area contributed by atoms with E-state index in [0.29, 0.717) is 19.8 Å². The van der Waals surface area contributed by atoms with Crippen molar-refractivity contribution >= 4 is 0 Å². The molecule has 0 aliphatic heterocycles. The van der Waals surface area contributed by atoms with Gasteiger partial charge in [-0.15, -0.1) is 0 Å². The third-order valence-corrected chi connectivity index (χ3v) is 4.49. The summed E-state index contributed by atoms with van der Waals surface area (Å²) in [6.45, 7) is 11.0. The molecule has 5 heteroatoms. The van der Waals surface area contributed by atoms with Crippen LogP contribution in [0.5, 0.6) is 23.0 Å². The summed E-state index contributed by atoms with van der Waals surface area (Å²) in [4.78, 5) is 0. The topological polar surface area (TPSA) is 53.5 Å². The summed E-state index contributed by atoms with van der Waals surface area (Å²) >= 11 is 0. The van der Waals surface area contributed by atoms with Crippen molar-refractivity contribution in [3.63, 3.8) is 0 Å². The number of quaternary nitrogens is 1. The van der Waals surface area contributed by atoms with E-state index >= 15 is 0 Å². The molecule has 2 aromatic carbocycles.